The quantitative estimate of drug-likeness (QED) is 0.263. The standard InChI is InChI=1S/C25H21FN2O6S/c1-3-33-24-15-17(14-18(16-27)25(29)28-20-7-5-19(26)6-8-20)4-13-23(24)34-35(30,31)22-11-9-21(32-2)10-12-22/h4-15H,3H2,1-2H3,(H,28,29)/b18-14+. The van der Waals surface area contributed by atoms with Gasteiger partial charge in [-0.1, -0.05) is 6.07 Å². The number of nitrogens with one attached hydrogen (secondary N) is 1. The number of carbonyl (C=O) groups excluding carboxylic acids is 1. The number of rotatable bonds is 9. The predicted molar refractivity (Wildman–Crippen MR) is 127 cm³/mol. The molecule has 0 radical (unpaired) electrons. The Morgan fingerprint density at radius 2 is 1.74 bits per heavy atom. The van der Waals surface area contributed by atoms with Crippen LogP contribution in [0.4, 0.5) is 10.1 Å². The van der Waals surface area contributed by atoms with Crippen LogP contribution in [0.2, 0.25) is 0 Å². The van der Waals surface area contributed by atoms with Crippen molar-refractivity contribution < 1.29 is 31.3 Å². The van der Waals surface area contributed by atoms with Gasteiger partial charge >= 0.3 is 10.1 Å². The summed E-state index contributed by atoms with van der Waals surface area (Å²) in [5.41, 5.74) is 0.491. The van der Waals surface area contributed by atoms with Gasteiger partial charge in [0.15, 0.2) is 11.5 Å². The summed E-state index contributed by atoms with van der Waals surface area (Å²) in [6, 6.07) is 16.9. The molecule has 3 aromatic rings. The molecular formula is C25H21FN2O6S. The molecule has 0 spiro atoms. The van der Waals surface area contributed by atoms with Crippen molar-refractivity contribution in [1.29, 1.82) is 5.26 Å². The lowest BCUT2D eigenvalue weighted by molar-refractivity contribution is -0.112. The number of nitrogens with zero attached hydrogens (tertiary/aromatic N) is 1. The van der Waals surface area contributed by atoms with Crippen molar-refractivity contribution in [1.82, 2.24) is 0 Å². The van der Waals surface area contributed by atoms with Crippen molar-refractivity contribution in [3.63, 3.8) is 0 Å². The lowest BCUT2D eigenvalue weighted by atomic mass is 10.1. The number of nitriles is 1. The lowest BCUT2D eigenvalue weighted by Crippen LogP contribution is -2.13. The summed E-state index contributed by atoms with van der Waals surface area (Å²) in [7, 11) is -2.70. The first-order valence-corrected chi connectivity index (χ1v) is 11.7. The molecule has 0 aromatic heterocycles. The van der Waals surface area contributed by atoms with E-state index in [1.807, 2.05) is 6.07 Å². The molecule has 0 aliphatic rings. The van der Waals surface area contributed by atoms with Crippen molar-refractivity contribution in [2.24, 2.45) is 0 Å². The molecule has 1 amide bonds. The highest BCUT2D eigenvalue weighted by atomic mass is 32.2. The Balaban J connectivity index is 1.85. The zero-order chi connectivity index (χ0) is 25.4. The summed E-state index contributed by atoms with van der Waals surface area (Å²) < 4.78 is 54.3. The van der Waals surface area contributed by atoms with Gasteiger partial charge in [0.25, 0.3) is 5.91 Å². The van der Waals surface area contributed by atoms with Crippen molar-refractivity contribution >= 4 is 27.8 Å². The average molecular weight is 497 g/mol. The van der Waals surface area contributed by atoms with E-state index in [2.05, 4.69) is 5.32 Å². The number of benzene rings is 3. The number of carbonyl (C=O) groups is 1. The summed E-state index contributed by atoms with van der Waals surface area (Å²) in [6.07, 6.45) is 1.31. The van der Waals surface area contributed by atoms with Crippen LogP contribution in [-0.2, 0) is 14.9 Å². The van der Waals surface area contributed by atoms with E-state index in [4.69, 9.17) is 13.7 Å². The smallest absolute Gasteiger partial charge is 0.339 e. The molecule has 1 N–H and O–H groups in total. The average Bonchev–Trinajstić information content (AvgIpc) is 2.85. The number of methoxy groups -OCH3 is 1. The molecule has 0 heterocycles. The number of halogens is 1. The van der Waals surface area contributed by atoms with Gasteiger partial charge in [-0.05, 0) is 79.2 Å². The minimum atomic E-state index is -4.16. The molecule has 3 aromatic carbocycles. The lowest BCUT2D eigenvalue weighted by Gasteiger charge is -2.13. The number of anilines is 1. The van der Waals surface area contributed by atoms with Crippen LogP contribution in [0.5, 0.6) is 17.2 Å². The van der Waals surface area contributed by atoms with Crippen LogP contribution in [-0.4, -0.2) is 28.0 Å². The second-order valence-electron chi connectivity index (χ2n) is 6.98. The van der Waals surface area contributed by atoms with E-state index in [0.717, 1.165) is 0 Å². The largest absolute Gasteiger partial charge is 0.497 e. The second kappa shape index (κ2) is 11.2. The maximum atomic E-state index is 13.1. The van der Waals surface area contributed by atoms with Crippen LogP contribution in [0.25, 0.3) is 6.08 Å². The number of hydrogen-bond donors (Lipinski definition) is 1. The molecule has 0 unspecified atom stereocenters. The molecule has 0 bridgehead atoms. The van der Waals surface area contributed by atoms with Gasteiger partial charge in [0.05, 0.1) is 13.7 Å². The Morgan fingerprint density at radius 1 is 1.06 bits per heavy atom. The Kier molecular flexibility index (Phi) is 8.07. The Morgan fingerprint density at radius 3 is 2.34 bits per heavy atom. The summed E-state index contributed by atoms with van der Waals surface area (Å²) in [6.45, 7) is 1.92. The number of hydrogen-bond acceptors (Lipinski definition) is 7. The highest BCUT2D eigenvalue weighted by Gasteiger charge is 2.20. The fourth-order valence-corrected chi connectivity index (χ4v) is 3.85. The Bertz CT molecular complexity index is 1380. The van der Waals surface area contributed by atoms with Crippen LogP contribution in [0.3, 0.4) is 0 Å². The third-order valence-electron chi connectivity index (χ3n) is 4.59. The van der Waals surface area contributed by atoms with Crippen molar-refractivity contribution in [3.05, 3.63) is 83.7 Å². The second-order valence-corrected chi connectivity index (χ2v) is 8.53. The van der Waals surface area contributed by atoms with Crippen molar-refractivity contribution in [3.8, 4) is 23.3 Å². The van der Waals surface area contributed by atoms with Crippen LogP contribution in [0.15, 0.2) is 77.2 Å². The maximum Gasteiger partial charge on any atom is 0.339 e. The third-order valence-corrected chi connectivity index (χ3v) is 5.84. The maximum absolute atomic E-state index is 13.1. The van der Waals surface area contributed by atoms with E-state index in [0.29, 0.717) is 17.0 Å². The van der Waals surface area contributed by atoms with Gasteiger partial charge in [-0.15, -0.1) is 0 Å². The van der Waals surface area contributed by atoms with Gasteiger partial charge in [0.2, 0.25) is 0 Å². The Hall–Kier alpha value is -4.36. The van der Waals surface area contributed by atoms with Gasteiger partial charge in [0, 0.05) is 5.69 Å². The highest BCUT2D eigenvalue weighted by Crippen LogP contribution is 2.32. The normalized spacial score (nSPS) is 11.3. The van der Waals surface area contributed by atoms with Crippen LogP contribution in [0.1, 0.15) is 12.5 Å². The molecule has 10 heteroatoms. The molecular weight excluding hydrogens is 475 g/mol. The van der Waals surface area contributed by atoms with Crippen molar-refractivity contribution in [2.75, 3.05) is 19.0 Å². The molecule has 0 aliphatic carbocycles. The fourth-order valence-electron chi connectivity index (χ4n) is 2.91. The fraction of sp³-hybridized carbons (Fsp3) is 0.120. The first-order chi connectivity index (χ1) is 16.7. The SMILES string of the molecule is CCOc1cc(/C=C(\C#N)C(=O)Nc2ccc(F)cc2)ccc1OS(=O)(=O)c1ccc(OC)cc1. The molecule has 8 nitrogen and oxygen atoms in total. The summed E-state index contributed by atoms with van der Waals surface area (Å²) in [4.78, 5) is 12.4. The van der Waals surface area contributed by atoms with Gasteiger partial charge in [-0.2, -0.15) is 13.7 Å². The number of ether oxygens (including phenoxy) is 2. The molecule has 0 atom stereocenters. The van der Waals surface area contributed by atoms with E-state index < -0.39 is 21.8 Å². The van der Waals surface area contributed by atoms with Crippen LogP contribution >= 0.6 is 0 Å². The van der Waals surface area contributed by atoms with Crippen molar-refractivity contribution in [2.45, 2.75) is 11.8 Å². The van der Waals surface area contributed by atoms with E-state index in [9.17, 15) is 22.9 Å². The van der Waals surface area contributed by atoms with E-state index in [-0.39, 0.29) is 28.6 Å². The van der Waals surface area contributed by atoms with Crippen LogP contribution in [0, 0.1) is 17.1 Å². The molecule has 0 fully saturated rings. The van der Waals surface area contributed by atoms with E-state index in [1.54, 1.807) is 6.92 Å². The minimum absolute atomic E-state index is 0.0610. The highest BCUT2D eigenvalue weighted by molar-refractivity contribution is 7.87. The molecule has 3 rings (SSSR count). The zero-order valence-corrected chi connectivity index (χ0v) is 19.6. The summed E-state index contributed by atoms with van der Waals surface area (Å²) >= 11 is 0. The first-order valence-electron chi connectivity index (χ1n) is 10.3. The molecule has 180 valence electrons. The van der Waals surface area contributed by atoms with Gasteiger partial charge in [0.1, 0.15) is 28.1 Å². The van der Waals surface area contributed by atoms with Crippen LogP contribution < -0.4 is 19.0 Å². The van der Waals surface area contributed by atoms with Gasteiger partial charge in [-0.25, -0.2) is 4.39 Å². The summed E-state index contributed by atoms with van der Waals surface area (Å²) in [5.74, 6) is -0.617. The van der Waals surface area contributed by atoms with E-state index >= 15 is 0 Å². The zero-order valence-electron chi connectivity index (χ0n) is 18.8. The third kappa shape index (κ3) is 6.59. The number of amides is 1. The topological polar surface area (TPSA) is 115 Å². The molecule has 0 saturated carbocycles. The van der Waals surface area contributed by atoms with E-state index in [1.165, 1.54) is 79.9 Å². The first kappa shape index (κ1) is 25.3. The minimum Gasteiger partial charge on any atom is -0.497 e. The Labute approximate surface area is 202 Å². The van der Waals surface area contributed by atoms with Gasteiger partial charge in [-0.3, -0.25) is 4.79 Å². The summed E-state index contributed by atoms with van der Waals surface area (Å²) in [5, 5.41) is 11.9. The predicted octanol–water partition coefficient (Wildman–Crippen LogP) is 4.55. The molecule has 0 saturated heterocycles. The molecule has 0 aliphatic heterocycles. The van der Waals surface area contributed by atoms with Gasteiger partial charge < -0.3 is 19.0 Å². The molecule has 35 heavy (non-hydrogen) atoms. The monoisotopic (exact) mass is 496 g/mol.